The second-order valence-electron chi connectivity index (χ2n) is 5.66. The molecule has 0 aliphatic heterocycles. The van der Waals surface area contributed by atoms with Gasteiger partial charge in [0.15, 0.2) is 5.78 Å². The van der Waals surface area contributed by atoms with Crippen LogP contribution in [-0.4, -0.2) is 45.2 Å². The monoisotopic (exact) mass is 329 g/mol. The Balaban J connectivity index is 2.93. The van der Waals surface area contributed by atoms with Gasteiger partial charge in [0.25, 0.3) is 0 Å². The molecule has 8 heteroatoms. The number of carbonyl (C=O) groups is 1. The maximum atomic E-state index is 12.3. The van der Waals surface area contributed by atoms with Crippen LogP contribution in [0.3, 0.4) is 0 Å². The average Bonchev–Trinajstić information content (AvgIpc) is 2.47. The van der Waals surface area contributed by atoms with Crippen LogP contribution in [0, 0.1) is 0 Å². The summed E-state index contributed by atoms with van der Waals surface area (Å²) >= 11 is 0. The number of ketones is 1. The number of ether oxygens (including phenoxy) is 2. The fraction of sp³-hybridized carbons (Fsp3) is 0.643. The van der Waals surface area contributed by atoms with Crippen molar-refractivity contribution in [1.82, 2.24) is 14.7 Å². The van der Waals surface area contributed by atoms with E-state index in [0.29, 0.717) is 5.69 Å². The molecule has 0 saturated heterocycles. The molecular weight excluding hydrogens is 306 g/mol. The van der Waals surface area contributed by atoms with Crippen molar-refractivity contribution in [3.8, 4) is 0 Å². The van der Waals surface area contributed by atoms with Crippen molar-refractivity contribution in [3.63, 3.8) is 0 Å². The first kappa shape index (κ1) is 18.8. The number of nitrogens with one attached hydrogen (secondary N) is 1. The number of nitrogens with zero attached hydrogens (tertiary/aromatic N) is 2. The van der Waals surface area contributed by atoms with E-state index in [1.54, 1.807) is 6.20 Å². The molecule has 0 aromatic carbocycles. The van der Waals surface area contributed by atoms with Crippen LogP contribution in [0.15, 0.2) is 18.6 Å². The molecule has 0 amide bonds. The van der Waals surface area contributed by atoms with Gasteiger partial charge in [-0.2, -0.15) is 0 Å². The van der Waals surface area contributed by atoms with E-state index in [1.165, 1.54) is 26.6 Å². The minimum absolute atomic E-state index is 0.0346. The SMILES string of the molecule is COC(OC)C(=O)CC(N[S@](=O)C(C)(C)C)c1cnccn1. The zero-order valence-corrected chi connectivity index (χ0v) is 14.3. The number of carbonyl (C=O) groups excluding carboxylic acids is 1. The lowest BCUT2D eigenvalue weighted by atomic mass is 10.1. The molecule has 1 N–H and O–H groups in total. The van der Waals surface area contributed by atoms with Crippen LogP contribution in [0.4, 0.5) is 0 Å². The van der Waals surface area contributed by atoms with Gasteiger partial charge >= 0.3 is 0 Å². The summed E-state index contributed by atoms with van der Waals surface area (Å²) in [6.45, 7) is 5.54. The summed E-state index contributed by atoms with van der Waals surface area (Å²) in [6.07, 6.45) is 3.69. The van der Waals surface area contributed by atoms with Gasteiger partial charge in [-0.1, -0.05) is 0 Å². The molecule has 0 aliphatic rings. The minimum Gasteiger partial charge on any atom is -0.349 e. The van der Waals surface area contributed by atoms with Crippen molar-refractivity contribution >= 4 is 16.8 Å². The molecule has 22 heavy (non-hydrogen) atoms. The van der Waals surface area contributed by atoms with E-state index in [0.717, 1.165) is 0 Å². The van der Waals surface area contributed by atoms with E-state index in [-0.39, 0.29) is 12.2 Å². The van der Waals surface area contributed by atoms with Gasteiger partial charge in [0, 0.05) is 33.0 Å². The summed E-state index contributed by atoms with van der Waals surface area (Å²) < 4.78 is 24.7. The summed E-state index contributed by atoms with van der Waals surface area (Å²) in [5, 5.41) is 0. The minimum atomic E-state index is -1.35. The van der Waals surface area contributed by atoms with Crippen LogP contribution in [0.5, 0.6) is 0 Å². The molecule has 1 heterocycles. The van der Waals surface area contributed by atoms with Crippen LogP contribution in [0.1, 0.15) is 38.9 Å². The molecular formula is C14H23N3O4S. The number of Topliss-reactive ketones (excluding diaryl/α,β-unsaturated/α-hetero) is 1. The largest absolute Gasteiger partial charge is 0.349 e. The van der Waals surface area contributed by atoms with Crippen molar-refractivity contribution in [3.05, 3.63) is 24.3 Å². The Bertz CT molecular complexity index is 501. The highest BCUT2D eigenvalue weighted by Crippen LogP contribution is 2.19. The van der Waals surface area contributed by atoms with Crippen molar-refractivity contribution in [2.75, 3.05) is 14.2 Å². The predicted molar refractivity (Wildman–Crippen MR) is 83.2 cm³/mol. The third-order valence-electron chi connectivity index (χ3n) is 2.84. The number of methoxy groups -OCH3 is 2. The third-order valence-corrected chi connectivity index (χ3v) is 4.45. The van der Waals surface area contributed by atoms with Gasteiger partial charge in [-0.15, -0.1) is 0 Å². The molecule has 1 unspecified atom stereocenters. The van der Waals surface area contributed by atoms with E-state index < -0.39 is 28.1 Å². The summed E-state index contributed by atoms with van der Waals surface area (Å²) in [5.41, 5.74) is 0.541. The van der Waals surface area contributed by atoms with E-state index in [1.807, 2.05) is 20.8 Å². The average molecular weight is 329 g/mol. The van der Waals surface area contributed by atoms with Crippen molar-refractivity contribution in [2.45, 2.75) is 44.3 Å². The van der Waals surface area contributed by atoms with Gasteiger partial charge in [0.1, 0.15) is 0 Å². The molecule has 124 valence electrons. The Kier molecular flexibility index (Phi) is 7.21. The molecule has 1 rings (SSSR count). The van der Waals surface area contributed by atoms with Crippen molar-refractivity contribution in [1.29, 1.82) is 0 Å². The molecule has 0 spiro atoms. The summed E-state index contributed by atoms with van der Waals surface area (Å²) in [5.74, 6) is -0.265. The van der Waals surface area contributed by atoms with E-state index in [9.17, 15) is 9.00 Å². The fourth-order valence-corrected chi connectivity index (χ4v) is 2.48. The van der Waals surface area contributed by atoms with Gasteiger partial charge in [-0.3, -0.25) is 14.8 Å². The molecule has 7 nitrogen and oxygen atoms in total. The van der Waals surface area contributed by atoms with Crippen molar-refractivity contribution < 1.29 is 18.5 Å². The number of hydrogen-bond acceptors (Lipinski definition) is 6. The Morgan fingerprint density at radius 1 is 1.32 bits per heavy atom. The molecule has 1 aromatic heterocycles. The number of hydrogen-bond donors (Lipinski definition) is 1. The Morgan fingerprint density at radius 2 is 1.95 bits per heavy atom. The predicted octanol–water partition coefficient (Wildman–Crippen LogP) is 1.15. The number of rotatable bonds is 8. The highest BCUT2D eigenvalue weighted by Gasteiger charge is 2.28. The molecule has 0 fully saturated rings. The van der Waals surface area contributed by atoms with Gasteiger partial charge in [0.2, 0.25) is 6.29 Å². The van der Waals surface area contributed by atoms with Crippen LogP contribution < -0.4 is 4.72 Å². The van der Waals surface area contributed by atoms with E-state index >= 15 is 0 Å². The maximum Gasteiger partial charge on any atom is 0.217 e. The quantitative estimate of drug-likeness (QED) is 0.720. The summed E-state index contributed by atoms with van der Waals surface area (Å²) in [4.78, 5) is 20.4. The molecule has 0 saturated carbocycles. The molecule has 1 aromatic rings. The maximum absolute atomic E-state index is 12.3. The van der Waals surface area contributed by atoms with Gasteiger partial charge < -0.3 is 9.47 Å². The van der Waals surface area contributed by atoms with Gasteiger partial charge in [-0.05, 0) is 20.8 Å². The van der Waals surface area contributed by atoms with E-state index in [4.69, 9.17) is 9.47 Å². The first-order chi connectivity index (χ1) is 10.3. The van der Waals surface area contributed by atoms with E-state index in [2.05, 4.69) is 14.7 Å². The lowest BCUT2D eigenvalue weighted by Crippen LogP contribution is -2.38. The van der Waals surface area contributed by atoms with Crippen molar-refractivity contribution in [2.24, 2.45) is 0 Å². The normalized spacial score (nSPS) is 14.8. The Labute approximate surface area is 133 Å². The first-order valence-corrected chi connectivity index (χ1v) is 7.96. The van der Waals surface area contributed by atoms with Crippen LogP contribution >= 0.6 is 0 Å². The van der Waals surface area contributed by atoms with Gasteiger partial charge in [0.05, 0.1) is 33.7 Å². The van der Waals surface area contributed by atoms with Crippen LogP contribution in [-0.2, 0) is 25.3 Å². The second-order valence-corrected chi connectivity index (χ2v) is 7.65. The molecule has 0 bridgehead atoms. The molecule has 0 radical (unpaired) electrons. The highest BCUT2D eigenvalue weighted by atomic mass is 32.2. The summed E-state index contributed by atoms with van der Waals surface area (Å²) in [6, 6.07) is -0.533. The first-order valence-electron chi connectivity index (χ1n) is 6.81. The second kappa shape index (κ2) is 8.42. The summed E-state index contributed by atoms with van der Waals surface area (Å²) in [7, 11) is 1.43. The lowest BCUT2D eigenvalue weighted by Gasteiger charge is -2.24. The smallest absolute Gasteiger partial charge is 0.217 e. The Morgan fingerprint density at radius 3 is 2.41 bits per heavy atom. The third kappa shape index (κ3) is 5.53. The van der Waals surface area contributed by atoms with Crippen LogP contribution in [0.2, 0.25) is 0 Å². The Hall–Kier alpha value is -1.22. The zero-order valence-electron chi connectivity index (χ0n) is 13.5. The standard InChI is InChI=1S/C14H23N3O4S/c1-14(2,3)22(19)17-10(11-9-15-6-7-16-11)8-12(18)13(20-4)21-5/h6-7,9-10,13,17H,8H2,1-5H3/t10?,22-/m1/s1. The molecule has 0 aliphatic carbocycles. The molecule has 2 atom stereocenters. The highest BCUT2D eigenvalue weighted by molar-refractivity contribution is 7.84. The van der Waals surface area contributed by atoms with Gasteiger partial charge in [-0.25, -0.2) is 8.93 Å². The number of aromatic nitrogens is 2. The fourth-order valence-electron chi connectivity index (χ4n) is 1.66. The topological polar surface area (TPSA) is 90.4 Å². The lowest BCUT2D eigenvalue weighted by molar-refractivity contribution is -0.157. The zero-order chi connectivity index (χ0) is 16.8. The van der Waals surface area contributed by atoms with Crippen LogP contribution in [0.25, 0.3) is 0 Å².